The van der Waals surface area contributed by atoms with Gasteiger partial charge in [0.05, 0.1) is 0 Å². The Hall–Kier alpha value is -0.960. The number of aryl methyl sites for hydroxylation is 1. The second kappa shape index (κ2) is 3.56. The molecule has 0 unspecified atom stereocenters. The Morgan fingerprint density at radius 3 is 2.47 bits per heavy atom. The van der Waals surface area contributed by atoms with Crippen LogP contribution in [0.15, 0.2) is 12.1 Å². The maximum absolute atomic E-state index is 13.6. The van der Waals surface area contributed by atoms with Crippen LogP contribution >= 0.6 is 0 Å². The summed E-state index contributed by atoms with van der Waals surface area (Å²) in [5.74, 6) is -1.55. The van der Waals surface area contributed by atoms with E-state index in [0.29, 0.717) is 12.0 Å². The van der Waals surface area contributed by atoms with Gasteiger partial charge in [0, 0.05) is 11.1 Å². The highest BCUT2D eigenvalue weighted by atomic mass is 19.2. The fourth-order valence-corrected chi connectivity index (χ4v) is 2.04. The number of hydrogen-bond acceptors (Lipinski definition) is 1. The Balaban J connectivity index is 2.49. The summed E-state index contributed by atoms with van der Waals surface area (Å²) in [4.78, 5) is 0. The lowest BCUT2D eigenvalue weighted by Crippen LogP contribution is -2.44. The lowest BCUT2D eigenvalue weighted by atomic mass is 9.72. The van der Waals surface area contributed by atoms with Crippen LogP contribution in [0.2, 0.25) is 0 Å². The van der Waals surface area contributed by atoms with Crippen LogP contribution in [0.5, 0.6) is 0 Å². The van der Waals surface area contributed by atoms with E-state index in [0.717, 1.165) is 24.8 Å². The third-order valence-corrected chi connectivity index (χ3v) is 3.28. The number of rotatable bonds is 2. The van der Waals surface area contributed by atoms with E-state index >= 15 is 0 Å². The van der Waals surface area contributed by atoms with Gasteiger partial charge in [-0.05, 0) is 37.3 Å². The highest BCUT2D eigenvalue weighted by molar-refractivity contribution is 5.33. The second-order valence-corrected chi connectivity index (χ2v) is 4.30. The zero-order valence-corrected chi connectivity index (χ0v) is 8.82. The van der Waals surface area contributed by atoms with Crippen molar-refractivity contribution < 1.29 is 8.78 Å². The van der Waals surface area contributed by atoms with E-state index in [1.807, 2.05) is 6.92 Å². The van der Waals surface area contributed by atoms with Crippen LogP contribution < -0.4 is 5.73 Å². The molecule has 1 fully saturated rings. The first-order valence-electron chi connectivity index (χ1n) is 5.34. The first-order chi connectivity index (χ1) is 7.07. The first-order valence-corrected chi connectivity index (χ1v) is 5.34. The SMILES string of the molecule is CCc1cc(F)c(F)c(C2(N)CCC2)c1. The predicted molar refractivity (Wildman–Crippen MR) is 55.5 cm³/mol. The molecule has 0 bridgehead atoms. The van der Waals surface area contributed by atoms with E-state index in [9.17, 15) is 8.78 Å². The van der Waals surface area contributed by atoms with Crippen molar-refractivity contribution in [3.8, 4) is 0 Å². The zero-order valence-electron chi connectivity index (χ0n) is 8.82. The summed E-state index contributed by atoms with van der Waals surface area (Å²) in [5, 5.41) is 0. The fraction of sp³-hybridized carbons (Fsp3) is 0.500. The van der Waals surface area contributed by atoms with E-state index in [2.05, 4.69) is 0 Å². The molecule has 0 radical (unpaired) electrons. The summed E-state index contributed by atoms with van der Waals surface area (Å²) >= 11 is 0. The summed E-state index contributed by atoms with van der Waals surface area (Å²) in [7, 11) is 0. The van der Waals surface area contributed by atoms with Crippen molar-refractivity contribution in [3.05, 3.63) is 34.9 Å². The van der Waals surface area contributed by atoms with Gasteiger partial charge in [-0.2, -0.15) is 0 Å². The van der Waals surface area contributed by atoms with Gasteiger partial charge in [0.25, 0.3) is 0 Å². The van der Waals surface area contributed by atoms with E-state index in [1.54, 1.807) is 6.07 Å². The third-order valence-electron chi connectivity index (χ3n) is 3.28. The van der Waals surface area contributed by atoms with Gasteiger partial charge in [0.15, 0.2) is 11.6 Å². The summed E-state index contributed by atoms with van der Waals surface area (Å²) in [6.45, 7) is 1.92. The zero-order chi connectivity index (χ0) is 11.1. The topological polar surface area (TPSA) is 26.0 Å². The van der Waals surface area contributed by atoms with Gasteiger partial charge in [-0.15, -0.1) is 0 Å². The minimum Gasteiger partial charge on any atom is -0.321 e. The molecule has 0 saturated heterocycles. The van der Waals surface area contributed by atoms with Crippen LogP contribution in [-0.2, 0) is 12.0 Å². The van der Waals surface area contributed by atoms with Crippen molar-refractivity contribution in [3.63, 3.8) is 0 Å². The van der Waals surface area contributed by atoms with Crippen molar-refractivity contribution >= 4 is 0 Å². The van der Waals surface area contributed by atoms with Gasteiger partial charge in [0.1, 0.15) is 0 Å². The third kappa shape index (κ3) is 1.65. The van der Waals surface area contributed by atoms with Crippen molar-refractivity contribution in [2.24, 2.45) is 5.73 Å². The quantitative estimate of drug-likeness (QED) is 0.799. The summed E-state index contributed by atoms with van der Waals surface area (Å²) in [6.07, 6.45) is 3.18. The average Bonchev–Trinajstić information content (AvgIpc) is 2.18. The smallest absolute Gasteiger partial charge is 0.163 e. The molecule has 0 amide bonds. The highest BCUT2D eigenvalue weighted by Gasteiger charge is 2.37. The Bertz CT molecular complexity index is 383. The standard InChI is InChI=1S/C12H15F2N/c1-2-8-6-9(11(14)10(13)7-8)12(15)4-3-5-12/h6-7H,2-5,15H2,1H3. The fourth-order valence-electron chi connectivity index (χ4n) is 2.04. The molecule has 82 valence electrons. The second-order valence-electron chi connectivity index (χ2n) is 4.30. The van der Waals surface area contributed by atoms with E-state index < -0.39 is 17.2 Å². The van der Waals surface area contributed by atoms with Crippen molar-refractivity contribution in [2.75, 3.05) is 0 Å². The normalized spacial score (nSPS) is 18.7. The Labute approximate surface area is 88.3 Å². The molecule has 0 atom stereocenters. The van der Waals surface area contributed by atoms with Crippen molar-refractivity contribution in [1.29, 1.82) is 0 Å². The highest BCUT2D eigenvalue weighted by Crippen LogP contribution is 2.40. The Morgan fingerprint density at radius 2 is 2.00 bits per heavy atom. The van der Waals surface area contributed by atoms with Gasteiger partial charge in [-0.25, -0.2) is 8.78 Å². The first kappa shape index (κ1) is 10.6. The summed E-state index contributed by atoms with van der Waals surface area (Å²) < 4.78 is 26.9. The summed E-state index contributed by atoms with van der Waals surface area (Å²) in [5.41, 5.74) is 6.54. The maximum Gasteiger partial charge on any atom is 0.163 e. The molecule has 3 heteroatoms. The van der Waals surface area contributed by atoms with Crippen LogP contribution in [0.4, 0.5) is 8.78 Å². The van der Waals surface area contributed by atoms with E-state index in [4.69, 9.17) is 5.73 Å². The molecule has 0 spiro atoms. The molecule has 1 saturated carbocycles. The Kier molecular flexibility index (Phi) is 2.51. The lowest BCUT2D eigenvalue weighted by molar-refractivity contribution is 0.242. The van der Waals surface area contributed by atoms with E-state index in [1.165, 1.54) is 6.07 Å². The molecule has 1 aliphatic rings. The number of benzene rings is 1. The van der Waals surface area contributed by atoms with Gasteiger partial charge < -0.3 is 5.73 Å². The van der Waals surface area contributed by atoms with Crippen molar-refractivity contribution in [2.45, 2.75) is 38.1 Å². The number of nitrogens with two attached hydrogens (primary N) is 1. The molecule has 0 heterocycles. The number of halogens is 2. The van der Waals surface area contributed by atoms with E-state index in [-0.39, 0.29) is 0 Å². The molecule has 1 aromatic carbocycles. The van der Waals surface area contributed by atoms with Crippen LogP contribution in [0.3, 0.4) is 0 Å². The van der Waals surface area contributed by atoms with Gasteiger partial charge in [-0.3, -0.25) is 0 Å². The largest absolute Gasteiger partial charge is 0.321 e. The molecule has 0 aliphatic heterocycles. The monoisotopic (exact) mass is 211 g/mol. The van der Waals surface area contributed by atoms with Crippen LogP contribution in [-0.4, -0.2) is 0 Å². The summed E-state index contributed by atoms with van der Waals surface area (Å²) in [6, 6.07) is 2.96. The Morgan fingerprint density at radius 1 is 1.33 bits per heavy atom. The molecule has 0 aromatic heterocycles. The molecular weight excluding hydrogens is 196 g/mol. The molecule has 1 aromatic rings. The average molecular weight is 211 g/mol. The molecule has 1 aliphatic carbocycles. The molecule has 15 heavy (non-hydrogen) atoms. The van der Waals surface area contributed by atoms with Crippen LogP contribution in [0.25, 0.3) is 0 Å². The van der Waals surface area contributed by atoms with Crippen LogP contribution in [0.1, 0.15) is 37.3 Å². The molecular formula is C12H15F2N. The molecule has 1 nitrogen and oxygen atoms in total. The minimum absolute atomic E-state index is 0.352. The van der Waals surface area contributed by atoms with Gasteiger partial charge >= 0.3 is 0 Å². The minimum atomic E-state index is -0.777. The predicted octanol–water partition coefficient (Wildman–Crippen LogP) is 2.87. The van der Waals surface area contributed by atoms with Crippen molar-refractivity contribution in [1.82, 2.24) is 0 Å². The molecule has 2 rings (SSSR count). The number of hydrogen-bond donors (Lipinski definition) is 1. The van der Waals surface area contributed by atoms with Gasteiger partial charge in [0.2, 0.25) is 0 Å². The maximum atomic E-state index is 13.6. The lowest BCUT2D eigenvalue weighted by Gasteiger charge is -2.39. The molecule has 2 N–H and O–H groups in total. The van der Waals surface area contributed by atoms with Crippen LogP contribution in [0, 0.1) is 11.6 Å². The van der Waals surface area contributed by atoms with Gasteiger partial charge in [-0.1, -0.05) is 13.0 Å².